The molecule has 0 spiro atoms. The number of amides is 1. The van der Waals surface area contributed by atoms with Crippen LogP contribution >= 0.6 is 0 Å². The molecule has 0 aliphatic rings. The predicted octanol–water partition coefficient (Wildman–Crippen LogP) is -2.14. The van der Waals surface area contributed by atoms with Crippen LogP contribution in [0.5, 0.6) is 0 Å². The van der Waals surface area contributed by atoms with Crippen molar-refractivity contribution in [1.82, 2.24) is 0 Å². The second kappa shape index (κ2) is 5.15. The third-order valence-corrected chi connectivity index (χ3v) is 3.05. The predicted molar refractivity (Wildman–Crippen MR) is 47.7 cm³/mol. The first-order valence-corrected chi connectivity index (χ1v) is 5.45. The first-order valence-electron chi connectivity index (χ1n) is 3.63. The summed E-state index contributed by atoms with van der Waals surface area (Å²) in [6.45, 7) is 0.0911. The summed E-state index contributed by atoms with van der Waals surface area (Å²) in [6, 6.07) is -1.14. The van der Waals surface area contributed by atoms with Crippen LogP contribution in [0.15, 0.2) is 0 Å². The first kappa shape index (κ1) is 12.3. The van der Waals surface area contributed by atoms with Gasteiger partial charge in [0.25, 0.3) is 0 Å². The van der Waals surface area contributed by atoms with Gasteiger partial charge in [-0.1, -0.05) is 0 Å². The molecule has 0 aromatic heterocycles. The highest BCUT2D eigenvalue weighted by Gasteiger charge is 2.19. The normalized spacial score (nSPS) is 14.0. The molecule has 0 saturated carbocycles. The minimum atomic E-state index is -3.34. The highest BCUT2D eigenvalue weighted by atomic mass is 32.2. The van der Waals surface area contributed by atoms with Crippen molar-refractivity contribution >= 4 is 15.7 Å². The Morgan fingerprint density at radius 1 is 1.54 bits per heavy atom. The Morgan fingerprint density at radius 2 is 2.08 bits per heavy atom. The number of carbonyl (C=O) groups excluding carboxylic acids is 1. The Balaban J connectivity index is 4.10. The molecule has 4 N–H and O–H groups in total. The molecule has 0 radical (unpaired) electrons. The van der Waals surface area contributed by atoms with Crippen LogP contribution in [0.25, 0.3) is 0 Å². The SMILES string of the molecule is COCCS(=O)(=O)CC(N)C(N)=O. The van der Waals surface area contributed by atoms with Crippen LogP contribution < -0.4 is 11.5 Å². The van der Waals surface area contributed by atoms with Crippen LogP contribution in [0, 0.1) is 0 Å². The van der Waals surface area contributed by atoms with Crippen molar-refractivity contribution in [3.63, 3.8) is 0 Å². The van der Waals surface area contributed by atoms with Crippen LogP contribution in [0.4, 0.5) is 0 Å². The van der Waals surface area contributed by atoms with E-state index in [4.69, 9.17) is 11.5 Å². The van der Waals surface area contributed by atoms with Gasteiger partial charge in [-0.15, -0.1) is 0 Å². The summed E-state index contributed by atoms with van der Waals surface area (Å²) in [5.41, 5.74) is 9.99. The Hall–Kier alpha value is -0.660. The second-order valence-corrected chi connectivity index (χ2v) is 4.84. The molecule has 1 amide bonds. The van der Waals surface area contributed by atoms with Gasteiger partial charge in [-0.05, 0) is 0 Å². The Bertz CT molecular complexity index is 262. The van der Waals surface area contributed by atoms with E-state index in [2.05, 4.69) is 4.74 Å². The summed E-state index contributed by atoms with van der Waals surface area (Å²) in [5.74, 6) is -1.39. The fourth-order valence-electron chi connectivity index (χ4n) is 0.649. The smallest absolute Gasteiger partial charge is 0.235 e. The molecule has 0 rings (SSSR count). The average Bonchev–Trinajstić information content (AvgIpc) is 2.00. The van der Waals surface area contributed by atoms with Crippen LogP contribution in [0.1, 0.15) is 0 Å². The maximum Gasteiger partial charge on any atom is 0.235 e. The molecule has 0 aliphatic carbocycles. The number of sulfone groups is 1. The number of ether oxygens (including phenoxy) is 1. The third-order valence-electron chi connectivity index (χ3n) is 1.40. The maximum absolute atomic E-state index is 11.1. The lowest BCUT2D eigenvalue weighted by Gasteiger charge is -2.07. The lowest BCUT2D eigenvalue weighted by Crippen LogP contribution is -2.42. The fraction of sp³-hybridized carbons (Fsp3) is 0.833. The van der Waals surface area contributed by atoms with Crippen molar-refractivity contribution in [2.45, 2.75) is 6.04 Å². The molecule has 78 valence electrons. The van der Waals surface area contributed by atoms with E-state index in [1.165, 1.54) is 7.11 Å². The monoisotopic (exact) mass is 210 g/mol. The van der Waals surface area contributed by atoms with Gasteiger partial charge >= 0.3 is 0 Å². The van der Waals surface area contributed by atoms with Crippen LogP contribution in [0.2, 0.25) is 0 Å². The summed E-state index contributed by atoms with van der Waals surface area (Å²) in [6.07, 6.45) is 0. The zero-order valence-electron chi connectivity index (χ0n) is 7.39. The average molecular weight is 210 g/mol. The molecule has 1 unspecified atom stereocenters. The van der Waals surface area contributed by atoms with Gasteiger partial charge in [0, 0.05) is 7.11 Å². The molecule has 0 aromatic carbocycles. The summed E-state index contributed by atoms with van der Waals surface area (Å²) < 4.78 is 26.9. The summed E-state index contributed by atoms with van der Waals surface area (Å²) in [5, 5.41) is 0. The molecule has 0 aliphatic heterocycles. The topological polar surface area (TPSA) is 112 Å². The zero-order valence-corrected chi connectivity index (χ0v) is 8.21. The van der Waals surface area contributed by atoms with Gasteiger partial charge in [0.1, 0.15) is 0 Å². The van der Waals surface area contributed by atoms with E-state index >= 15 is 0 Å². The first-order chi connectivity index (χ1) is 5.89. The summed E-state index contributed by atoms with van der Waals surface area (Å²) >= 11 is 0. The third kappa shape index (κ3) is 5.56. The van der Waals surface area contributed by atoms with Crippen molar-refractivity contribution < 1.29 is 17.9 Å². The van der Waals surface area contributed by atoms with E-state index < -0.39 is 27.5 Å². The van der Waals surface area contributed by atoms with Gasteiger partial charge in [-0.2, -0.15) is 0 Å². The van der Waals surface area contributed by atoms with E-state index in [9.17, 15) is 13.2 Å². The van der Waals surface area contributed by atoms with Crippen molar-refractivity contribution in [2.24, 2.45) is 11.5 Å². The van der Waals surface area contributed by atoms with Gasteiger partial charge in [-0.3, -0.25) is 4.79 Å². The second-order valence-electron chi connectivity index (χ2n) is 2.62. The standard InChI is InChI=1S/C6H14N2O4S/c1-12-2-3-13(10,11)4-5(7)6(8)9/h5H,2-4,7H2,1H3,(H2,8,9). The molecule has 6 nitrogen and oxygen atoms in total. The minimum absolute atomic E-state index is 0.0911. The molecule has 13 heavy (non-hydrogen) atoms. The van der Waals surface area contributed by atoms with Crippen LogP contribution in [-0.4, -0.2) is 45.6 Å². The lowest BCUT2D eigenvalue weighted by atomic mass is 10.3. The molecule has 0 aromatic rings. The molecule has 0 saturated heterocycles. The molecular weight excluding hydrogens is 196 g/mol. The highest BCUT2D eigenvalue weighted by Crippen LogP contribution is 1.93. The number of primary amides is 1. The molecule has 0 heterocycles. The van der Waals surface area contributed by atoms with Gasteiger partial charge in [0.2, 0.25) is 5.91 Å². The van der Waals surface area contributed by atoms with Crippen LogP contribution in [0.3, 0.4) is 0 Å². The molecule has 0 fully saturated rings. The van der Waals surface area contributed by atoms with E-state index in [-0.39, 0.29) is 12.4 Å². The lowest BCUT2D eigenvalue weighted by molar-refractivity contribution is -0.118. The Kier molecular flexibility index (Phi) is 4.89. The largest absolute Gasteiger partial charge is 0.384 e. The fourth-order valence-corrected chi connectivity index (χ4v) is 1.95. The van der Waals surface area contributed by atoms with Crippen molar-refractivity contribution in [2.75, 3.05) is 25.2 Å². The van der Waals surface area contributed by atoms with E-state index in [1.807, 2.05) is 0 Å². The number of carbonyl (C=O) groups is 1. The van der Waals surface area contributed by atoms with Crippen molar-refractivity contribution in [3.8, 4) is 0 Å². The minimum Gasteiger partial charge on any atom is -0.384 e. The number of methoxy groups -OCH3 is 1. The van der Waals surface area contributed by atoms with Crippen molar-refractivity contribution in [3.05, 3.63) is 0 Å². The van der Waals surface area contributed by atoms with Gasteiger partial charge in [0.05, 0.1) is 24.2 Å². The summed E-state index contributed by atoms with van der Waals surface area (Å²) in [7, 11) is -1.95. The maximum atomic E-state index is 11.1. The van der Waals surface area contributed by atoms with Crippen LogP contribution in [-0.2, 0) is 19.4 Å². The van der Waals surface area contributed by atoms with E-state index in [0.717, 1.165) is 0 Å². The number of hydrogen-bond acceptors (Lipinski definition) is 5. The number of nitrogens with two attached hydrogens (primary N) is 2. The van der Waals surface area contributed by atoms with E-state index in [0.29, 0.717) is 0 Å². The molecule has 0 bridgehead atoms. The molecule has 1 atom stereocenters. The Morgan fingerprint density at radius 3 is 2.46 bits per heavy atom. The number of rotatable bonds is 6. The zero-order chi connectivity index (χ0) is 10.5. The molecular formula is C6H14N2O4S. The van der Waals surface area contributed by atoms with Crippen molar-refractivity contribution in [1.29, 1.82) is 0 Å². The number of hydrogen-bond donors (Lipinski definition) is 2. The van der Waals surface area contributed by atoms with Gasteiger partial charge in [0.15, 0.2) is 9.84 Å². The quantitative estimate of drug-likeness (QED) is 0.519. The molecule has 7 heteroatoms. The highest BCUT2D eigenvalue weighted by molar-refractivity contribution is 7.91. The Labute approximate surface area is 77.1 Å². The van der Waals surface area contributed by atoms with E-state index in [1.54, 1.807) is 0 Å². The summed E-state index contributed by atoms with van der Waals surface area (Å²) in [4.78, 5) is 10.5. The van der Waals surface area contributed by atoms with Gasteiger partial charge in [-0.25, -0.2) is 8.42 Å². The van der Waals surface area contributed by atoms with Gasteiger partial charge < -0.3 is 16.2 Å².